The lowest BCUT2D eigenvalue weighted by Crippen LogP contribution is -1.93. The van der Waals surface area contributed by atoms with Crippen LogP contribution in [-0.2, 0) is 4.79 Å². The summed E-state index contributed by atoms with van der Waals surface area (Å²) in [6.07, 6.45) is 2.65. The van der Waals surface area contributed by atoms with Crippen LogP contribution < -0.4 is 0 Å². The summed E-state index contributed by atoms with van der Waals surface area (Å²) in [4.78, 5) is 9.85. The van der Waals surface area contributed by atoms with Crippen LogP contribution in [0.25, 0.3) is 0 Å². The van der Waals surface area contributed by atoms with Crippen molar-refractivity contribution in [2.75, 3.05) is 0 Å². The molecule has 0 spiro atoms. The maximum atomic E-state index is 9.85. The van der Waals surface area contributed by atoms with Crippen molar-refractivity contribution in [2.24, 2.45) is 5.92 Å². The van der Waals surface area contributed by atoms with Crippen LogP contribution in [0, 0.1) is 5.92 Å². The number of carboxylic acid groups (broad SMARTS) is 1. The topological polar surface area (TPSA) is 37.3 Å². The van der Waals surface area contributed by atoms with Gasteiger partial charge in [0.15, 0.2) is 0 Å². The Kier molecular flexibility index (Phi) is 2.84. The molecule has 0 heterocycles. The third-order valence-electron chi connectivity index (χ3n) is 1.16. The van der Waals surface area contributed by atoms with Gasteiger partial charge in [-0.2, -0.15) is 0 Å². The number of halogens is 1. The van der Waals surface area contributed by atoms with Gasteiger partial charge in [-0.05, 0) is 18.8 Å². The Bertz CT molecular complexity index is 88.4. The number of aliphatic carboxylic acids is 1. The van der Waals surface area contributed by atoms with Gasteiger partial charge in [0.05, 0.1) is 0 Å². The summed E-state index contributed by atoms with van der Waals surface area (Å²) in [5.74, 6) is -0.125. The Morgan fingerprint density at radius 2 is 2.12 bits per heavy atom. The van der Waals surface area contributed by atoms with Crippen molar-refractivity contribution in [3.05, 3.63) is 0 Å². The molecule has 0 radical (unpaired) electrons. The van der Waals surface area contributed by atoms with Crippen molar-refractivity contribution >= 4 is 18.4 Å². The van der Waals surface area contributed by atoms with Crippen LogP contribution in [0.1, 0.15) is 19.3 Å². The van der Waals surface area contributed by atoms with Gasteiger partial charge >= 0.3 is 5.97 Å². The van der Waals surface area contributed by atoms with Gasteiger partial charge in [-0.3, -0.25) is 4.79 Å². The predicted octanol–water partition coefficient (Wildman–Crippen LogP) is 1.29. The van der Waals surface area contributed by atoms with E-state index in [-0.39, 0.29) is 12.4 Å². The molecule has 0 aromatic rings. The Hall–Kier alpha value is -0.240. The van der Waals surface area contributed by atoms with Crippen molar-refractivity contribution in [1.29, 1.82) is 0 Å². The number of carbonyl (C=O) groups is 1. The largest absolute Gasteiger partial charge is 0.481 e. The zero-order valence-electron chi connectivity index (χ0n) is 4.46. The molecule has 0 saturated heterocycles. The third-order valence-corrected chi connectivity index (χ3v) is 1.16. The summed E-state index contributed by atoms with van der Waals surface area (Å²) in [5.41, 5.74) is 0. The summed E-state index contributed by atoms with van der Waals surface area (Å²) < 4.78 is 0. The molecule has 0 aromatic heterocycles. The fourth-order valence-electron chi connectivity index (χ4n) is 0.569. The number of hydrogen-bond donors (Lipinski definition) is 1. The fraction of sp³-hybridized carbons (Fsp3) is 0.800. The minimum atomic E-state index is -0.650. The summed E-state index contributed by atoms with van der Waals surface area (Å²) in [5, 5.41) is 8.12. The normalized spacial score (nSPS) is 17.0. The third kappa shape index (κ3) is 2.86. The molecule has 8 heavy (non-hydrogen) atoms. The standard InChI is InChI=1S/C5H8O2.ClH/c6-5(7)3-4-1-2-4;/h4H,1-3H2,(H,6,7);1H. The molecule has 1 saturated carbocycles. The van der Waals surface area contributed by atoms with Gasteiger partial charge in [0.25, 0.3) is 0 Å². The van der Waals surface area contributed by atoms with E-state index in [1.165, 1.54) is 0 Å². The lowest BCUT2D eigenvalue weighted by Gasteiger charge is -1.82. The molecule has 0 atom stereocenters. The van der Waals surface area contributed by atoms with E-state index in [9.17, 15) is 4.79 Å². The van der Waals surface area contributed by atoms with Crippen LogP contribution in [0.5, 0.6) is 0 Å². The Labute approximate surface area is 54.3 Å². The van der Waals surface area contributed by atoms with Crippen molar-refractivity contribution in [3.63, 3.8) is 0 Å². The molecule has 0 amide bonds. The first kappa shape index (κ1) is 7.76. The molecule has 0 aliphatic heterocycles. The maximum Gasteiger partial charge on any atom is 0.303 e. The first-order valence-corrected chi connectivity index (χ1v) is 2.51. The maximum absolute atomic E-state index is 9.85. The second-order valence-corrected chi connectivity index (χ2v) is 2.04. The Morgan fingerprint density at radius 3 is 2.25 bits per heavy atom. The van der Waals surface area contributed by atoms with Crippen LogP contribution >= 0.6 is 12.4 Å². The Morgan fingerprint density at radius 1 is 1.62 bits per heavy atom. The molecular weight excluding hydrogens is 128 g/mol. The average Bonchev–Trinajstić information content (AvgIpc) is 2.17. The van der Waals surface area contributed by atoms with E-state index in [0.717, 1.165) is 12.8 Å². The van der Waals surface area contributed by atoms with Crippen LogP contribution in [0.3, 0.4) is 0 Å². The number of rotatable bonds is 2. The Balaban J connectivity index is 0.000000490. The van der Waals surface area contributed by atoms with Gasteiger partial charge in [-0.1, -0.05) is 0 Å². The van der Waals surface area contributed by atoms with Crippen molar-refractivity contribution < 1.29 is 9.90 Å². The second-order valence-electron chi connectivity index (χ2n) is 2.04. The predicted molar refractivity (Wildman–Crippen MR) is 32.2 cm³/mol. The molecule has 0 aromatic carbocycles. The lowest BCUT2D eigenvalue weighted by molar-refractivity contribution is -0.137. The van der Waals surface area contributed by atoms with Crippen molar-refractivity contribution in [1.82, 2.24) is 0 Å². The van der Waals surface area contributed by atoms with E-state index >= 15 is 0 Å². The van der Waals surface area contributed by atoms with Gasteiger partial charge < -0.3 is 5.11 Å². The zero-order valence-corrected chi connectivity index (χ0v) is 5.28. The monoisotopic (exact) mass is 136 g/mol. The highest BCUT2D eigenvalue weighted by Crippen LogP contribution is 2.31. The van der Waals surface area contributed by atoms with Gasteiger partial charge in [-0.25, -0.2) is 0 Å². The molecule has 1 rings (SSSR count). The molecule has 2 nitrogen and oxygen atoms in total. The minimum absolute atomic E-state index is 0. The van der Waals surface area contributed by atoms with Crippen LogP contribution in [0.2, 0.25) is 0 Å². The highest BCUT2D eigenvalue weighted by Gasteiger charge is 2.23. The average molecular weight is 137 g/mol. The van der Waals surface area contributed by atoms with E-state index in [1.807, 2.05) is 0 Å². The molecule has 1 aliphatic rings. The van der Waals surface area contributed by atoms with Crippen LogP contribution in [-0.4, -0.2) is 11.1 Å². The second kappa shape index (κ2) is 2.92. The molecule has 1 N–H and O–H groups in total. The van der Waals surface area contributed by atoms with Gasteiger partial charge in [0.2, 0.25) is 0 Å². The molecule has 0 bridgehead atoms. The first-order valence-electron chi connectivity index (χ1n) is 2.51. The van der Waals surface area contributed by atoms with Crippen LogP contribution in [0.4, 0.5) is 0 Å². The van der Waals surface area contributed by atoms with Crippen molar-refractivity contribution in [3.8, 4) is 0 Å². The molecular formula is C5H9ClO2. The van der Waals surface area contributed by atoms with E-state index in [1.54, 1.807) is 0 Å². The highest BCUT2D eigenvalue weighted by atomic mass is 35.5. The first-order chi connectivity index (χ1) is 3.29. The summed E-state index contributed by atoms with van der Waals surface area (Å²) in [6.45, 7) is 0. The molecule has 48 valence electrons. The molecule has 0 unspecified atom stereocenters. The highest BCUT2D eigenvalue weighted by molar-refractivity contribution is 5.85. The summed E-state index contributed by atoms with van der Waals surface area (Å²) in [7, 11) is 0. The smallest absolute Gasteiger partial charge is 0.303 e. The molecule has 1 aliphatic carbocycles. The summed E-state index contributed by atoms with van der Waals surface area (Å²) >= 11 is 0. The zero-order chi connectivity index (χ0) is 5.28. The van der Waals surface area contributed by atoms with E-state index in [4.69, 9.17) is 5.11 Å². The quantitative estimate of drug-likeness (QED) is 0.621. The lowest BCUT2D eigenvalue weighted by atomic mass is 10.3. The van der Waals surface area contributed by atoms with E-state index in [0.29, 0.717) is 12.3 Å². The van der Waals surface area contributed by atoms with Gasteiger partial charge in [0.1, 0.15) is 0 Å². The molecule has 3 heteroatoms. The molecule has 1 fully saturated rings. The van der Waals surface area contributed by atoms with Crippen LogP contribution in [0.15, 0.2) is 0 Å². The minimum Gasteiger partial charge on any atom is -0.481 e. The van der Waals surface area contributed by atoms with Gasteiger partial charge in [-0.15, -0.1) is 12.4 Å². The summed E-state index contributed by atoms with van der Waals surface area (Å²) in [6, 6.07) is 0. The SMILES string of the molecule is Cl.O=C(O)CC1CC1. The van der Waals surface area contributed by atoms with E-state index in [2.05, 4.69) is 0 Å². The number of carboxylic acids is 1. The number of hydrogen-bond acceptors (Lipinski definition) is 1. The van der Waals surface area contributed by atoms with E-state index < -0.39 is 5.97 Å². The van der Waals surface area contributed by atoms with Gasteiger partial charge in [0, 0.05) is 6.42 Å². The van der Waals surface area contributed by atoms with Crippen molar-refractivity contribution in [2.45, 2.75) is 19.3 Å². The fourth-order valence-corrected chi connectivity index (χ4v) is 0.569.